The summed E-state index contributed by atoms with van der Waals surface area (Å²) in [5.41, 5.74) is 0. The van der Waals surface area contributed by atoms with Gasteiger partial charge in [-0.15, -0.1) is 0 Å². The van der Waals surface area contributed by atoms with Crippen LogP contribution in [-0.4, -0.2) is 49.7 Å². The van der Waals surface area contributed by atoms with Crippen LogP contribution in [0.5, 0.6) is 0 Å². The zero-order chi connectivity index (χ0) is 29.3. The number of hydrogen-bond acceptors (Lipinski definition) is 5. The number of piperidine rings is 1. The van der Waals surface area contributed by atoms with Crippen LogP contribution in [0, 0.1) is 11.8 Å². The van der Waals surface area contributed by atoms with E-state index in [4.69, 9.17) is 9.47 Å². The van der Waals surface area contributed by atoms with Gasteiger partial charge in [0, 0.05) is 6.54 Å². The number of carbonyl (C=O) groups is 2. The Morgan fingerprint density at radius 1 is 0.700 bits per heavy atom. The van der Waals surface area contributed by atoms with Gasteiger partial charge in [0.2, 0.25) is 0 Å². The lowest BCUT2D eigenvalue weighted by molar-refractivity contribution is -0.166. The van der Waals surface area contributed by atoms with Crippen LogP contribution in [0.15, 0.2) is 0 Å². The Bertz CT molecular complexity index is 610. The summed E-state index contributed by atoms with van der Waals surface area (Å²) in [4.78, 5) is 28.5. The molecule has 1 aliphatic rings. The molecule has 40 heavy (non-hydrogen) atoms. The summed E-state index contributed by atoms with van der Waals surface area (Å²) in [5, 5.41) is 0. The van der Waals surface area contributed by atoms with E-state index in [9.17, 15) is 9.59 Å². The molecule has 5 nitrogen and oxygen atoms in total. The molecule has 0 aliphatic carbocycles. The number of ether oxygens (including phenoxy) is 2. The van der Waals surface area contributed by atoms with Gasteiger partial charge in [0.15, 0.2) is 0 Å². The van der Waals surface area contributed by atoms with Crippen molar-refractivity contribution in [2.75, 3.05) is 26.7 Å². The predicted octanol–water partition coefficient (Wildman–Crippen LogP) is 9.65. The summed E-state index contributed by atoms with van der Waals surface area (Å²) in [7, 11) is 2.07. The van der Waals surface area contributed by atoms with Crippen molar-refractivity contribution in [3.63, 3.8) is 0 Å². The maximum Gasteiger partial charge on any atom is 0.310 e. The highest BCUT2D eigenvalue weighted by Gasteiger charge is 2.28. The van der Waals surface area contributed by atoms with Gasteiger partial charge in [-0.05, 0) is 52.1 Å². The van der Waals surface area contributed by atoms with Crippen molar-refractivity contribution < 1.29 is 19.1 Å². The largest absolute Gasteiger partial charge is 0.462 e. The molecule has 1 rings (SSSR count). The number of likely N-dealkylation sites (tertiary alicyclic amines) is 1. The monoisotopic (exact) mass is 566 g/mol. The molecule has 3 atom stereocenters. The SMILES string of the molecule is CCCCCCCCCCC(COC(=O)C(CCCCCC)CCCCCCCC)OC(=O)C1CCCN(C)C1. The summed E-state index contributed by atoms with van der Waals surface area (Å²) in [6.45, 7) is 8.74. The van der Waals surface area contributed by atoms with E-state index in [1.165, 1.54) is 89.9 Å². The van der Waals surface area contributed by atoms with Gasteiger partial charge in [0.1, 0.15) is 12.7 Å². The van der Waals surface area contributed by atoms with Crippen molar-refractivity contribution >= 4 is 11.9 Å². The Hall–Kier alpha value is -1.10. The Labute approximate surface area is 248 Å². The maximum atomic E-state index is 13.2. The van der Waals surface area contributed by atoms with Gasteiger partial charge in [-0.1, -0.05) is 130 Å². The van der Waals surface area contributed by atoms with Crippen LogP contribution in [0.4, 0.5) is 0 Å². The van der Waals surface area contributed by atoms with Crippen LogP contribution >= 0.6 is 0 Å². The number of hydrogen-bond donors (Lipinski definition) is 0. The molecular weight excluding hydrogens is 498 g/mol. The molecule has 0 radical (unpaired) electrons. The average Bonchev–Trinajstić information content (AvgIpc) is 2.95. The fourth-order valence-electron chi connectivity index (χ4n) is 5.96. The lowest BCUT2D eigenvalue weighted by Gasteiger charge is -2.29. The summed E-state index contributed by atoms with van der Waals surface area (Å²) < 4.78 is 12.0. The molecule has 3 unspecified atom stereocenters. The van der Waals surface area contributed by atoms with Gasteiger partial charge >= 0.3 is 11.9 Å². The Balaban J connectivity index is 2.61. The predicted molar refractivity (Wildman–Crippen MR) is 169 cm³/mol. The zero-order valence-electron chi connectivity index (χ0n) is 27.2. The number of rotatable bonds is 26. The van der Waals surface area contributed by atoms with E-state index in [1.54, 1.807) is 0 Å². The molecule has 0 saturated carbocycles. The summed E-state index contributed by atoms with van der Waals surface area (Å²) in [5.74, 6) is -0.251. The van der Waals surface area contributed by atoms with Gasteiger partial charge in [0.05, 0.1) is 11.8 Å². The fourth-order valence-corrected chi connectivity index (χ4v) is 5.96. The van der Waals surface area contributed by atoms with Gasteiger partial charge in [-0.25, -0.2) is 0 Å². The Morgan fingerprint density at radius 3 is 1.70 bits per heavy atom. The minimum absolute atomic E-state index is 0.0190. The second-order valence-electron chi connectivity index (χ2n) is 12.7. The van der Waals surface area contributed by atoms with E-state index in [0.29, 0.717) is 0 Å². The first kappa shape index (κ1) is 36.9. The number of carbonyl (C=O) groups excluding carboxylic acids is 2. The Morgan fingerprint density at radius 2 is 1.18 bits per heavy atom. The van der Waals surface area contributed by atoms with Crippen LogP contribution in [0.2, 0.25) is 0 Å². The molecule has 5 heteroatoms. The first-order chi connectivity index (χ1) is 19.5. The second kappa shape index (κ2) is 25.6. The van der Waals surface area contributed by atoms with E-state index in [0.717, 1.165) is 70.9 Å². The summed E-state index contributed by atoms with van der Waals surface area (Å²) >= 11 is 0. The lowest BCUT2D eigenvalue weighted by atomic mass is 9.94. The molecule has 1 heterocycles. The lowest BCUT2D eigenvalue weighted by Crippen LogP contribution is -2.39. The summed E-state index contributed by atoms with van der Waals surface area (Å²) in [6, 6.07) is 0. The van der Waals surface area contributed by atoms with E-state index < -0.39 is 0 Å². The quantitative estimate of drug-likeness (QED) is 0.0772. The molecule has 0 aromatic rings. The molecule has 0 bridgehead atoms. The normalized spacial score (nSPS) is 17.4. The highest BCUT2D eigenvalue weighted by atomic mass is 16.6. The van der Waals surface area contributed by atoms with E-state index >= 15 is 0 Å². The third-order valence-electron chi connectivity index (χ3n) is 8.68. The van der Waals surface area contributed by atoms with E-state index in [2.05, 4.69) is 32.7 Å². The highest BCUT2D eigenvalue weighted by Crippen LogP contribution is 2.22. The van der Waals surface area contributed by atoms with Crippen LogP contribution in [0.3, 0.4) is 0 Å². The summed E-state index contributed by atoms with van der Waals surface area (Å²) in [6.07, 6.45) is 26.3. The first-order valence-electron chi connectivity index (χ1n) is 17.6. The van der Waals surface area contributed by atoms with Crippen LogP contribution in [0.1, 0.15) is 168 Å². The molecular formula is C35H67NO4. The number of nitrogens with zero attached hydrogens (tertiary/aromatic N) is 1. The minimum Gasteiger partial charge on any atom is -0.462 e. The van der Waals surface area contributed by atoms with Gasteiger partial charge in [-0.2, -0.15) is 0 Å². The van der Waals surface area contributed by atoms with Gasteiger partial charge in [-0.3, -0.25) is 9.59 Å². The highest BCUT2D eigenvalue weighted by molar-refractivity contribution is 5.73. The van der Waals surface area contributed by atoms with Crippen molar-refractivity contribution in [1.29, 1.82) is 0 Å². The van der Waals surface area contributed by atoms with Crippen molar-refractivity contribution in [2.45, 2.75) is 175 Å². The molecule has 0 aromatic heterocycles. The van der Waals surface area contributed by atoms with Crippen molar-refractivity contribution in [1.82, 2.24) is 4.90 Å². The average molecular weight is 566 g/mol. The topological polar surface area (TPSA) is 55.8 Å². The van der Waals surface area contributed by atoms with Crippen molar-refractivity contribution in [2.24, 2.45) is 11.8 Å². The standard InChI is InChI=1S/C35H67NO4/c1-5-8-11-14-16-17-19-22-27-33(40-35(38)32-26-23-28-36(4)29-32)30-39-34(37)31(24-20-13-10-7-3)25-21-18-15-12-9-6-2/h31-33H,5-30H2,1-4H3. The molecule has 1 aliphatic heterocycles. The maximum absolute atomic E-state index is 13.2. The smallest absolute Gasteiger partial charge is 0.310 e. The number of esters is 2. The van der Waals surface area contributed by atoms with Gasteiger partial charge < -0.3 is 14.4 Å². The van der Waals surface area contributed by atoms with Crippen LogP contribution in [-0.2, 0) is 19.1 Å². The third-order valence-corrected chi connectivity index (χ3v) is 8.68. The molecule has 1 fully saturated rings. The van der Waals surface area contributed by atoms with Crippen molar-refractivity contribution in [3.05, 3.63) is 0 Å². The molecule has 1 saturated heterocycles. The first-order valence-corrected chi connectivity index (χ1v) is 17.6. The van der Waals surface area contributed by atoms with Gasteiger partial charge in [0.25, 0.3) is 0 Å². The fraction of sp³-hybridized carbons (Fsp3) is 0.943. The van der Waals surface area contributed by atoms with Crippen molar-refractivity contribution in [3.8, 4) is 0 Å². The third kappa shape index (κ3) is 19.1. The molecule has 0 N–H and O–H groups in total. The molecule has 0 aromatic carbocycles. The van der Waals surface area contributed by atoms with Crippen LogP contribution in [0.25, 0.3) is 0 Å². The van der Waals surface area contributed by atoms with Crippen LogP contribution < -0.4 is 0 Å². The Kier molecular flexibility index (Phi) is 23.6. The van der Waals surface area contributed by atoms with E-state index in [1.807, 2.05) is 0 Å². The molecule has 0 amide bonds. The number of unbranched alkanes of at least 4 members (excludes halogenated alkanes) is 15. The minimum atomic E-state index is -0.321. The molecule has 0 spiro atoms. The second-order valence-corrected chi connectivity index (χ2v) is 12.7. The zero-order valence-corrected chi connectivity index (χ0v) is 27.2. The van der Waals surface area contributed by atoms with E-state index in [-0.39, 0.29) is 36.5 Å². The molecule has 236 valence electrons.